The average Bonchev–Trinajstić information content (AvgIpc) is 2.67. The lowest BCUT2D eigenvalue weighted by atomic mass is 10.2. The highest BCUT2D eigenvalue weighted by Crippen LogP contribution is 2.15. The van der Waals surface area contributed by atoms with Crippen LogP contribution in [0.5, 0.6) is 0 Å². The van der Waals surface area contributed by atoms with Crippen LogP contribution in [0, 0.1) is 0 Å². The molecule has 5 nitrogen and oxygen atoms in total. The molecule has 6 heteroatoms. The number of nitrogens with zero attached hydrogens (tertiary/aromatic N) is 4. The van der Waals surface area contributed by atoms with Crippen LogP contribution in [0.4, 0.5) is 0 Å². The molecule has 1 aliphatic rings. The highest BCUT2D eigenvalue weighted by Gasteiger charge is 2.25. The van der Waals surface area contributed by atoms with Crippen LogP contribution in [0.2, 0.25) is 0 Å². The van der Waals surface area contributed by atoms with Crippen LogP contribution in [0.15, 0.2) is 6.20 Å². The number of hydrogen-bond donors (Lipinski definition) is 0. The molecule has 0 N–H and O–H groups in total. The van der Waals surface area contributed by atoms with Crippen molar-refractivity contribution in [2.45, 2.75) is 25.6 Å². The van der Waals surface area contributed by atoms with E-state index in [-0.39, 0.29) is 6.10 Å². The Kier molecular flexibility index (Phi) is 3.94. The number of alkyl halides is 1. The quantitative estimate of drug-likeness (QED) is 0.772. The predicted molar refractivity (Wildman–Crippen MR) is 64.4 cm³/mol. The van der Waals surface area contributed by atoms with Gasteiger partial charge in [0.15, 0.2) is 0 Å². The number of morpholine rings is 1. The zero-order chi connectivity index (χ0) is 11.5. The van der Waals surface area contributed by atoms with Crippen molar-refractivity contribution in [1.29, 1.82) is 0 Å². The lowest BCUT2D eigenvalue weighted by molar-refractivity contribution is -0.0503. The van der Waals surface area contributed by atoms with E-state index in [4.69, 9.17) is 4.74 Å². The predicted octanol–water partition coefficient (Wildman–Crippen LogP) is 0.799. The highest BCUT2D eigenvalue weighted by atomic mass is 79.9. The third-order valence-corrected chi connectivity index (χ3v) is 3.54. The Bertz CT molecular complexity index is 343. The van der Waals surface area contributed by atoms with Gasteiger partial charge < -0.3 is 4.74 Å². The van der Waals surface area contributed by atoms with E-state index < -0.39 is 0 Å². The minimum absolute atomic E-state index is 0.285. The maximum atomic E-state index is 5.68. The fourth-order valence-corrected chi connectivity index (χ4v) is 2.26. The van der Waals surface area contributed by atoms with Crippen LogP contribution < -0.4 is 0 Å². The van der Waals surface area contributed by atoms with Gasteiger partial charge in [-0.05, 0) is 6.92 Å². The van der Waals surface area contributed by atoms with E-state index in [0.717, 1.165) is 30.7 Å². The topological polar surface area (TPSA) is 43.2 Å². The van der Waals surface area contributed by atoms with Crippen molar-refractivity contribution in [3.8, 4) is 0 Å². The van der Waals surface area contributed by atoms with Crippen molar-refractivity contribution in [2.24, 2.45) is 7.05 Å². The zero-order valence-electron chi connectivity index (χ0n) is 9.64. The molecule has 16 heavy (non-hydrogen) atoms. The molecule has 2 heterocycles. The molecule has 0 bridgehead atoms. The molecule has 1 aliphatic heterocycles. The number of aromatic nitrogens is 3. The molecule has 0 aromatic carbocycles. The maximum Gasteiger partial charge on any atom is 0.0967 e. The van der Waals surface area contributed by atoms with Crippen LogP contribution in [0.25, 0.3) is 0 Å². The molecule has 0 spiro atoms. The standard InChI is InChI=1S/C10H17BrN4O/c1-8-7-16-10(3-11)6-15(8)5-9-4-14(2)13-12-9/h4,8,10H,3,5-7H2,1-2H3. The lowest BCUT2D eigenvalue weighted by Gasteiger charge is -2.36. The molecule has 0 aliphatic carbocycles. The van der Waals surface area contributed by atoms with E-state index in [1.54, 1.807) is 4.68 Å². The first-order valence-corrected chi connectivity index (χ1v) is 6.58. The number of halogens is 1. The second-order valence-electron chi connectivity index (χ2n) is 4.27. The van der Waals surface area contributed by atoms with Gasteiger partial charge in [0.1, 0.15) is 0 Å². The normalized spacial score (nSPS) is 27.2. The van der Waals surface area contributed by atoms with E-state index in [9.17, 15) is 0 Å². The highest BCUT2D eigenvalue weighted by molar-refractivity contribution is 9.09. The molecule has 0 saturated carbocycles. The van der Waals surface area contributed by atoms with E-state index >= 15 is 0 Å². The van der Waals surface area contributed by atoms with Gasteiger partial charge in [-0.2, -0.15) is 0 Å². The monoisotopic (exact) mass is 288 g/mol. The summed E-state index contributed by atoms with van der Waals surface area (Å²) in [4.78, 5) is 2.39. The number of ether oxygens (including phenoxy) is 1. The van der Waals surface area contributed by atoms with Crippen molar-refractivity contribution in [3.05, 3.63) is 11.9 Å². The molecule has 1 fully saturated rings. The van der Waals surface area contributed by atoms with Gasteiger partial charge in [0.2, 0.25) is 0 Å². The summed E-state index contributed by atoms with van der Waals surface area (Å²) in [7, 11) is 1.89. The Balaban J connectivity index is 1.96. The third kappa shape index (κ3) is 2.81. The first-order chi connectivity index (χ1) is 7.69. The minimum Gasteiger partial charge on any atom is -0.374 e. The summed E-state index contributed by atoms with van der Waals surface area (Å²) in [6.07, 6.45) is 2.25. The number of aryl methyl sites for hydroxylation is 1. The van der Waals surface area contributed by atoms with Crippen molar-refractivity contribution < 1.29 is 4.74 Å². The van der Waals surface area contributed by atoms with Crippen LogP contribution in [-0.4, -0.2) is 50.5 Å². The maximum absolute atomic E-state index is 5.68. The molecule has 1 saturated heterocycles. The molecule has 1 aromatic rings. The molecule has 2 atom stereocenters. The summed E-state index contributed by atoms with van der Waals surface area (Å²) in [6.45, 7) is 4.77. The SMILES string of the molecule is CC1COC(CBr)CN1Cc1cn(C)nn1. The second-order valence-corrected chi connectivity index (χ2v) is 4.92. The first-order valence-electron chi connectivity index (χ1n) is 5.46. The summed E-state index contributed by atoms with van der Waals surface area (Å²) >= 11 is 3.46. The summed E-state index contributed by atoms with van der Waals surface area (Å²) < 4.78 is 7.42. The molecule has 2 rings (SSSR count). The fourth-order valence-electron chi connectivity index (χ4n) is 1.86. The fraction of sp³-hybridized carbons (Fsp3) is 0.800. The van der Waals surface area contributed by atoms with Crippen LogP contribution in [0.3, 0.4) is 0 Å². The van der Waals surface area contributed by atoms with Crippen LogP contribution in [-0.2, 0) is 18.3 Å². The Hall–Kier alpha value is -0.460. The lowest BCUT2D eigenvalue weighted by Crippen LogP contribution is -2.48. The molecular formula is C10H17BrN4O. The van der Waals surface area contributed by atoms with Gasteiger partial charge in [0.05, 0.1) is 18.4 Å². The van der Waals surface area contributed by atoms with E-state index in [2.05, 4.69) is 38.1 Å². The first kappa shape index (κ1) is 12.0. The zero-order valence-corrected chi connectivity index (χ0v) is 11.2. The Morgan fingerprint density at radius 1 is 1.62 bits per heavy atom. The molecule has 1 aromatic heterocycles. The molecule has 90 valence electrons. The second kappa shape index (κ2) is 5.25. The molecule has 2 unspecified atom stereocenters. The average molecular weight is 289 g/mol. The van der Waals surface area contributed by atoms with Crippen LogP contribution >= 0.6 is 15.9 Å². The summed E-state index contributed by atoms with van der Waals surface area (Å²) in [6, 6.07) is 0.442. The summed E-state index contributed by atoms with van der Waals surface area (Å²) in [5.41, 5.74) is 1.02. The Labute approximate surface area is 104 Å². The van der Waals surface area contributed by atoms with Gasteiger partial charge in [-0.15, -0.1) is 5.10 Å². The number of rotatable bonds is 3. The van der Waals surface area contributed by atoms with Gasteiger partial charge in [-0.3, -0.25) is 9.58 Å². The smallest absolute Gasteiger partial charge is 0.0967 e. The van der Waals surface area contributed by atoms with Crippen molar-refractivity contribution in [1.82, 2.24) is 19.9 Å². The van der Waals surface area contributed by atoms with Crippen molar-refractivity contribution in [3.63, 3.8) is 0 Å². The van der Waals surface area contributed by atoms with E-state index in [1.807, 2.05) is 13.2 Å². The van der Waals surface area contributed by atoms with Gasteiger partial charge in [-0.25, -0.2) is 0 Å². The Morgan fingerprint density at radius 3 is 3.06 bits per heavy atom. The number of hydrogen-bond acceptors (Lipinski definition) is 4. The van der Waals surface area contributed by atoms with Crippen molar-refractivity contribution >= 4 is 15.9 Å². The largest absolute Gasteiger partial charge is 0.374 e. The van der Waals surface area contributed by atoms with Crippen LogP contribution in [0.1, 0.15) is 12.6 Å². The Morgan fingerprint density at radius 2 is 2.44 bits per heavy atom. The summed E-state index contributed by atoms with van der Waals surface area (Å²) in [5.74, 6) is 0. The summed E-state index contributed by atoms with van der Waals surface area (Å²) in [5, 5.41) is 8.95. The molecule has 0 amide bonds. The van der Waals surface area contributed by atoms with Gasteiger partial charge in [-0.1, -0.05) is 21.1 Å². The van der Waals surface area contributed by atoms with Crippen molar-refractivity contribution in [2.75, 3.05) is 18.5 Å². The van der Waals surface area contributed by atoms with Gasteiger partial charge in [0, 0.05) is 37.7 Å². The van der Waals surface area contributed by atoms with Gasteiger partial charge >= 0.3 is 0 Å². The van der Waals surface area contributed by atoms with Gasteiger partial charge in [0.25, 0.3) is 0 Å². The molecule has 0 radical (unpaired) electrons. The molecular weight excluding hydrogens is 272 g/mol. The van der Waals surface area contributed by atoms with E-state index in [1.165, 1.54) is 0 Å². The third-order valence-electron chi connectivity index (χ3n) is 2.82. The minimum atomic E-state index is 0.285. The van der Waals surface area contributed by atoms with E-state index in [0.29, 0.717) is 6.04 Å².